The van der Waals surface area contributed by atoms with Crippen LogP contribution in [0.1, 0.15) is 11.1 Å². The van der Waals surface area contributed by atoms with E-state index >= 15 is 0 Å². The third kappa shape index (κ3) is 5.67. The first-order chi connectivity index (χ1) is 12.6. The Morgan fingerprint density at radius 2 is 1.50 bits per heavy atom. The highest BCUT2D eigenvalue weighted by atomic mass is 15.2. The zero-order valence-corrected chi connectivity index (χ0v) is 14.1. The van der Waals surface area contributed by atoms with Crippen LogP contribution in [0.5, 0.6) is 0 Å². The molecule has 26 heavy (non-hydrogen) atoms. The fourth-order valence-corrected chi connectivity index (χ4v) is 2.00. The van der Waals surface area contributed by atoms with Crippen molar-refractivity contribution in [1.82, 2.24) is 0 Å². The summed E-state index contributed by atoms with van der Waals surface area (Å²) in [5.74, 6) is 5.77. The molecular weight excluding hydrogens is 324 g/mol. The van der Waals surface area contributed by atoms with Gasteiger partial charge < -0.3 is 16.9 Å². The molecule has 0 amide bonds. The van der Waals surface area contributed by atoms with Gasteiger partial charge >= 0.3 is 0 Å². The molecule has 0 unspecified atom stereocenters. The Morgan fingerprint density at radius 3 is 2.04 bits per heavy atom. The molecule has 0 aromatic heterocycles. The number of para-hydroxylation sites is 1. The van der Waals surface area contributed by atoms with Gasteiger partial charge in [-0.05, 0) is 60.7 Å². The molecule has 6 heteroatoms. The van der Waals surface area contributed by atoms with Crippen molar-refractivity contribution in [3.63, 3.8) is 0 Å². The van der Waals surface area contributed by atoms with E-state index in [0.29, 0.717) is 17.1 Å². The molecule has 0 aliphatic carbocycles. The fraction of sp³-hybridized carbons (Fsp3) is 0. The van der Waals surface area contributed by atoms with E-state index in [0.717, 1.165) is 16.9 Å². The molecule has 0 radical (unpaired) electrons. The van der Waals surface area contributed by atoms with Crippen LogP contribution in [0.15, 0.2) is 83.9 Å². The van der Waals surface area contributed by atoms with Gasteiger partial charge in [-0.1, -0.05) is 18.2 Å². The molecule has 0 fully saturated rings. The van der Waals surface area contributed by atoms with Crippen molar-refractivity contribution in [3.8, 4) is 6.07 Å². The molecule has 0 aliphatic rings. The number of anilines is 2. The van der Waals surface area contributed by atoms with E-state index in [9.17, 15) is 0 Å². The van der Waals surface area contributed by atoms with Gasteiger partial charge in [-0.25, -0.2) is 4.99 Å². The standard InChI is InChI=1S/C13H14N4.C7H6N2/c14-13(16-11-4-2-1-3-5-11)10-6-8-12(17-15)9-7-10;8-5-6-1-3-7(9)4-2-6/h1-9,17H,15H2,(H2,14,16);1-4H,9H2. The number of amidine groups is 1. The Hall–Kier alpha value is -3.82. The normalized spacial score (nSPS) is 10.2. The predicted molar refractivity (Wildman–Crippen MR) is 107 cm³/mol. The zero-order chi connectivity index (χ0) is 18.8. The maximum absolute atomic E-state index is 8.34. The van der Waals surface area contributed by atoms with E-state index in [4.69, 9.17) is 22.6 Å². The molecule has 0 saturated heterocycles. The number of nitrogens with two attached hydrogens (primary N) is 3. The van der Waals surface area contributed by atoms with Gasteiger partial charge in [0.1, 0.15) is 5.84 Å². The Balaban J connectivity index is 0.000000228. The van der Waals surface area contributed by atoms with Crippen molar-refractivity contribution in [2.75, 3.05) is 11.2 Å². The Bertz CT molecular complexity index is 878. The third-order valence-electron chi connectivity index (χ3n) is 3.39. The van der Waals surface area contributed by atoms with Crippen LogP contribution < -0.4 is 22.7 Å². The highest BCUT2D eigenvalue weighted by molar-refractivity contribution is 5.99. The summed E-state index contributed by atoms with van der Waals surface area (Å²) in [4.78, 5) is 4.33. The lowest BCUT2D eigenvalue weighted by molar-refractivity contribution is 1.35. The second kappa shape index (κ2) is 9.47. The average Bonchev–Trinajstić information content (AvgIpc) is 2.70. The first kappa shape index (κ1) is 18.5. The smallest absolute Gasteiger partial charge is 0.131 e. The van der Waals surface area contributed by atoms with Gasteiger partial charge in [0, 0.05) is 16.9 Å². The summed E-state index contributed by atoms with van der Waals surface area (Å²) >= 11 is 0. The minimum absolute atomic E-state index is 0.486. The van der Waals surface area contributed by atoms with Crippen LogP contribution in [0, 0.1) is 11.3 Å². The molecule has 0 bridgehead atoms. The van der Waals surface area contributed by atoms with Gasteiger partial charge in [-0.3, -0.25) is 5.84 Å². The summed E-state index contributed by atoms with van der Waals surface area (Å²) in [5.41, 5.74) is 17.7. The molecule has 3 rings (SSSR count). The predicted octanol–water partition coefficient (Wildman–Crippen LogP) is 3.15. The van der Waals surface area contributed by atoms with Gasteiger partial charge in [0.05, 0.1) is 17.3 Å². The van der Waals surface area contributed by atoms with E-state index in [1.165, 1.54) is 0 Å². The minimum Gasteiger partial charge on any atom is -0.399 e. The van der Waals surface area contributed by atoms with Crippen LogP contribution in [-0.4, -0.2) is 5.84 Å². The lowest BCUT2D eigenvalue weighted by atomic mass is 10.2. The van der Waals surface area contributed by atoms with Crippen molar-refractivity contribution in [1.29, 1.82) is 5.26 Å². The number of nitrogens with zero attached hydrogens (tertiary/aromatic N) is 2. The van der Waals surface area contributed by atoms with Crippen LogP contribution in [0.4, 0.5) is 17.1 Å². The van der Waals surface area contributed by atoms with Crippen LogP contribution in [-0.2, 0) is 0 Å². The maximum atomic E-state index is 8.34. The number of nitrogen functional groups attached to an aromatic ring is 2. The molecule has 0 saturated carbocycles. The van der Waals surface area contributed by atoms with Crippen molar-refractivity contribution in [3.05, 3.63) is 90.0 Å². The number of hydrogen-bond acceptors (Lipinski definition) is 5. The van der Waals surface area contributed by atoms with E-state index in [1.807, 2.05) is 60.7 Å². The summed E-state index contributed by atoms with van der Waals surface area (Å²) in [6.45, 7) is 0. The van der Waals surface area contributed by atoms with Gasteiger partial charge in [0.2, 0.25) is 0 Å². The number of benzene rings is 3. The van der Waals surface area contributed by atoms with E-state index in [2.05, 4.69) is 10.4 Å². The SMILES string of the molecule is N#Cc1ccc(N)cc1.NNc1ccc(C(N)=Nc2ccccc2)cc1. The Labute approximate surface area is 152 Å². The summed E-state index contributed by atoms with van der Waals surface area (Å²) in [6, 6.07) is 25.8. The molecule has 3 aromatic rings. The Kier molecular flexibility index (Phi) is 6.74. The van der Waals surface area contributed by atoms with Crippen LogP contribution >= 0.6 is 0 Å². The molecule has 130 valence electrons. The second-order valence-corrected chi connectivity index (χ2v) is 5.29. The van der Waals surface area contributed by atoms with E-state index in [-0.39, 0.29) is 0 Å². The van der Waals surface area contributed by atoms with Gasteiger partial charge in [-0.2, -0.15) is 5.26 Å². The van der Waals surface area contributed by atoms with Crippen LogP contribution in [0.25, 0.3) is 0 Å². The molecule has 3 aromatic carbocycles. The van der Waals surface area contributed by atoms with Crippen molar-refractivity contribution in [2.45, 2.75) is 0 Å². The zero-order valence-electron chi connectivity index (χ0n) is 14.1. The van der Waals surface area contributed by atoms with Crippen molar-refractivity contribution >= 4 is 22.9 Å². The number of aliphatic imine (C=N–C) groups is 1. The summed E-state index contributed by atoms with van der Waals surface area (Å²) < 4.78 is 0. The maximum Gasteiger partial charge on any atom is 0.131 e. The molecule has 0 spiro atoms. The van der Waals surface area contributed by atoms with Gasteiger partial charge in [0.15, 0.2) is 0 Å². The van der Waals surface area contributed by atoms with E-state index in [1.54, 1.807) is 24.3 Å². The van der Waals surface area contributed by atoms with E-state index < -0.39 is 0 Å². The number of hydrazine groups is 1. The summed E-state index contributed by atoms with van der Waals surface area (Å²) in [5, 5.41) is 8.34. The first-order valence-electron chi connectivity index (χ1n) is 7.84. The molecular formula is C20H20N6. The fourth-order valence-electron chi connectivity index (χ4n) is 2.00. The number of rotatable bonds is 3. The van der Waals surface area contributed by atoms with Crippen molar-refractivity contribution in [2.24, 2.45) is 16.6 Å². The summed E-state index contributed by atoms with van der Waals surface area (Å²) in [6.07, 6.45) is 0. The van der Waals surface area contributed by atoms with Crippen LogP contribution in [0.3, 0.4) is 0 Å². The molecule has 7 N–H and O–H groups in total. The number of nitrogens with one attached hydrogen (secondary N) is 1. The van der Waals surface area contributed by atoms with Crippen LogP contribution in [0.2, 0.25) is 0 Å². The average molecular weight is 344 g/mol. The minimum atomic E-state index is 0.486. The second-order valence-electron chi connectivity index (χ2n) is 5.29. The lowest BCUT2D eigenvalue weighted by Gasteiger charge is -2.03. The number of hydrogen-bond donors (Lipinski definition) is 4. The summed E-state index contributed by atoms with van der Waals surface area (Å²) in [7, 11) is 0. The molecule has 0 aliphatic heterocycles. The Morgan fingerprint density at radius 1 is 0.885 bits per heavy atom. The lowest BCUT2D eigenvalue weighted by Crippen LogP contribution is -2.13. The largest absolute Gasteiger partial charge is 0.399 e. The van der Waals surface area contributed by atoms with Gasteiger partial charge in [-0.15, -0.1) is 0 Å². The topological polar surface area (TPSA) is 126 Å². The molecule has 6 nitrogen and oxygen atoms in total. The monoisotopic (exact) mass is 344 g/mol. The highest BCUT2D eigenvalue weighted by Crippen LogP contribution is 2.13. The molecule has 0 atom stereocenters. The van der Waals surface area contributed by atoms with Gasteiger partial charge in [0.25, 0.3) is 0 Å². The quantitative estimate of drug-likeness (QED) is 0.191. The molecule has 0 heterocycles. The third-order valence-corrected chi connectivity index (χ3v) is 3.39. The number of nitriles is 1. The first-order valence-corrected chi connectivity index (χ1v) is 7.84. The van der Waals surface area contributed by atoms with Crippen molar-refractivity contribution < 1.29 is 0 Å². The highest BCUT2D eigenvalue weighted by Gasteiger charge is 1.98.